The molecule has 0 bridgehead atoms. The molecule has 0 saturated carbocycles. The van der Waals surface area contributed by atoms with Gasteiger partial charge in [0.25, 0.3) is 11.8 Å². The van der Waals surface area contributed by atoms with Crippen molar-refractivity contribution in [3.8, 4) is 0 Å². The van der Waals surface area contributed by atoms with E-state index in [-0.39, 0.29) is 17.5 Å². The van der Waals surface area contributed by atoms with Gasteiger partial charge in [-0.15, -0.1) is 0 Å². The number of aryl methyl sites for hydroxylation is 1. The number of likely N-dealkylation sites (tertiary alicyclic amines) is 1. The predicted octanol–water partition coefficient (Wildman–Crippen LogP) is 2.75. The number of fused-ring (bicyclic) bond motifs is 1. The Kier molecular flexibility index (Phi) is 4.12. The van der Waals surface area contributed by atoms with Crippen molar-refractivity contribution in [2.24, 2.45) is 0 Å². The molecule has 2 N–H and O–H groups in total. The highest BCUT2D eigenvalue weighted by atomic mass is 16.2. The average Bonchev–Trinajstić information content (AvgIpc) is 3.31. The second kappa shape index (κ2) is 6.59. The van der Waals surface area contributed by atoms with Crippen molar-refractivity contribution < 1.29 is 9.59 Å². The van der Waals surface area contributed by atoms with Crippen LogP contribution in [-0.2, 0) is 0 Å². The van der Waals surface area contributed by atoms with Gasteiger partial charge in [-0.1, -0.05) is 6.07 Å². The number of amides is 2. The van der Waals surface area contributed by atoms with Gasteiger partial charge < -0.3 is 10.2 Å². The van der Waals surface area contributed by atoms with Crippen LogP contribution in [-0.4, -0.2) is 45.0 Å². The standard InChI is InChI=1S/C19H19N5O2/c1-12-14-8-7-13(11-17(14)23-22-12)20-18(25)15-5-4-6-16(21-15)19(26)24-9-2-3-10-24/h4-8,11H,2-3,9-10H2,1H3,(H,20,25)(H,22,23). The van der Waals surface area contributed by atoms with Crippen LogP contribution in [0.2, 0.25) is 0 Å². The molecular weight excluding hydrogens is 330 g/mol. The predicted molar refractivity (Wildman–Crippen MR) is 98.2 cm³/mol. The summed E-state index contributed by atoms with van der Waals surface area (Å²) in [6, 6.07) is 10.5. The molecule has 1 aliphatic heterocycles. The lowest BCUT2D eigenvalue weighted by molar-refractivity contribution is 0.0787. The van der Waals surface area contributed by atoms with Gasteiger partial charge in [-0.25, -0.2) is 4.98 Å². The maximum atomic E-state index is 12.5. The van der Waals surface area contributed by atoms with Gasteiger partial charge in [-0.05, 0) is 50.1 Å². The maximum absolute atomic E-state index is 12.5. The summed E-state index contributed by atoms with van der Waals surface area (Å²) in [4.78, 5) is 31.0. The molecule has 0 aliphatic carbocycles. The third-order valence-corrected chi connectivity index (χ3v) is 4.60. The van der Waals surface area contributed by atoms with Crippen LogP contribution in [0.4, 0.5) is 5.69 Å². The highest BCUT2D eigenvalue weighted by Crippen LogP contribution is 2.20. The molecule has 7 nitrogen and oxygen atoms in total. The number of benzene rings is 1. The van der Waals surface area contributed by atoms with Crippen LogP contribution in [0.3, 0.4) is 0 Å². The van der Waals surface area contributed by atoms with E-state index in [0.29, 0.717) is 11.4 Å². The van der Waals surface area contributed by atoms with Gasteiger partial charge in [0.05, 0.1) is 5.52 Å². The fraction of sp³-hybridized carbons (Fsp3) is 0.263. The Balaban J connectivity index is 1.53. The van der Waals surface area contributed by atoms with Crippen LogP contribution in [0.1, 0.15) is 39.5 Å². The molecule has 4 rings (SSSR count). The summed E-state index contributed by atoms with van der Waals surface area (Å²) >= 11 is 0. The number of hydrogen-bond donors (Lipinski definition) is 2. The van der Waals surface area contributed by atoms with Gasteiger partial charge in [-0.2, -0.15) is 5.10 Å². The summed E-state index contributed by atoms with van der Waals surface area (Å²) in [7, 11) is 0. The second-order valence-corrected chi connectivity index (χ2v) is 6.44. The minimum absolute atomic E-state index is 0.120. The molecule has 3 heterocycles. The number of rotatable bonds is 3. The summed E-state index contributed by atoms with van der Waals surface area (Å²) in [5.41, 5.74) is 2.91. The number of carbonyl (C=O) groups excluding carboxylic acids is 2. The summed E-state index contributed by atoms with van der Waals surface area (Å²) in [6.07, 6.45) is 2.03. The van der Waals surface area contributed by atoms with Gasteiger partial charge in [-0.3, -0.25) is 14.7 Å². The monoisotopic (exact) mass is 349 g/mol. The van der Waals surface area contributed by atoms with E-state index in [9.17, 15) is 9.59 Å². The molecule has 0 unspecified atom stereocenters. The fourth-order valence-electron chi connectivity index (χ4n) is 3.18. The second-order valence-electron chi connectivity index (χ2n) is 6.44. The molecule has 1 aromatic carbocycles. The molecular formula is C19H19N5O2. The van der Waals surface area contributed by atoms with E-state index >= 15 is 0 Å². The lowest BCUT2D eigenvalue weighted by Gasteiger charge is -2.14. The molecule has 132 valence electrons. The number of hydrogen-bond acceptors (Lipinski definition) is 4. The van der Waals surface area contributed by atoms with E-state index in [2.05, 4.69) is 20.5 Å². The first kappa shape index (κ1) is 16.3. The van der Waals surface area contributed by atoms with Gasteiger partial charge in [0.15, 0.2) is 0 Å². The number of carbonyl (C=O) groups is 2. The summed E-state index contributed by atoms with van der Waals surface area (Å²) in [6.45, 7) is 3.44. The summed E-state index contributed by atoms with van der Waals surface area (Å²) in [5.74, 6) is -0.474. The molecule has 2 amide bonds. The van der Waals surface area contributed by atoms with E-state index in [0.717, 1.165) is 42.5 Å². The Labute approximate surface area is 150 Å². The third kappa shape index (κ3) is 3.03. The van der Waals surface area contributed by atoms with Crippen LogP contribution >= 0.6 is 0 Å². The first-order valence-electron chi connectivity index (χ1n) is 8.64. The largest absolute Gasteiger partial charge is 0.337 e. The lowest BCUT2D eigenvalue weighted by atomic mass is 10.2. The highest BCUT2D eigenvalue weighted by molar-refractivity contribution is 6.04. The lowest BCUT2D eigenvalue weighted by Crippen LogP contribution is -2.29. The summed E-state index contributed by atoms with van der Waals surface area (Å²) < 4.78 is 0. The summed E-state index contributed by atoms with van der Waals surface area (Å²) in [5, 5.41) is 10.9. The molecule has 2 aromatic heterocycles. The van der Waals surface area contributed by atoms with E-state index < -0.39 is 0 Å². The molecule has 7 heteroatoms. The Morgan fingerprint density at radius 1 is 1.12 bits per heavy atom. The maximum Gasteiger partial charge on any atom is 0.274 e. The highest BCUT2D eigenvalue weighted by Gasteiger charge is 2.21. The minimum atomic E-state index is -0.354. The van der Waals surface area contributed by atoms with E-state index in [1.54, 1.807) is 29.2 Å². The van der Waals surface area contributed by atoms with Crippen molar-refractivity contribution in [3.05, 3.63) is 53.5 Å². The minimum Gasteiger partial charge on any atom is -0.337 e. The van der Waals surface area contributed by atoms with Crippen LogP contribution in [0.15, 0.2) is 36.4 Å². The number of aromatic nitrogens is 3. The van der Waals surface area contributed by atoms with E-state index in [1.165, 1.54) is 0 Å². The third-order valence-electron chi connectivity index (χ3n) is 4.60. The van der Waals surface area contributed by atoms with Crippen molar-refractivity contribution in [2.75, 3.05) is 18.4 Å². The molecule has 3 aromatic rings. The van der Waals surface area contributed by atoms with Crippen molar-refractivity contribution in [2.45, 2.75) is 19.8 Å². The molecule has 0 atom stereocenters. The number of H-pyrrole nitrogens is 1. The molecule has 0 spiro atoms. The van der Waals surface area contributed by atoms with E-state index in [4.69, 9.17) is 0 Å². The number of nitrogens with one attached hydrogen (secondary N) is 2. The Morgan fingerprint density at radius 3 is 2.69 bits per heavy atom. The van der Waals surface area contributed by atoms with Crippen LogP contribution < -0.4 is 5.32 Å². The van der Waals surface area contributed by atoms with Gasteiger partial charge in [0.2, 0.25) is 0 Å². The van der Waals surface area contributed by atoms with Crippen molar-refractivity contribution in [3.63, 3.8) is 0 Å². The molecule has 26 heavy (non-hydrogen) atoms. The smallest absolute Gasteiger partial charge is 0.274 e. The Bertz CT molecular complexity index is 989. The van der Waals surface area contributed by atoms with Crippen molar-refractivity contribution in [1.82, 2.24) is 20.1 Å². The number of nitrogens with zero attached hydrogens (tertiary/aromatic N) is 3. The molecule has 1 fully saturated rings. The molecule has 1 saturated heterocycles. The zero-order valence-electron chi connectivity index (χ0n) is 14.5. The Hall–Kier alpha value is -3.22. The normalized spacial score (nSPS) is 14.0. The zero-order valence-corrected chi connectivity index (χ0v) is 14.5. The van der Waals surface area contributed by atoms with Crippen molar-refractivity contribution >= 4 is 28.4 Å². The zero-order chi connectivity index (χ0) is 18.1. The van der Waals surface area contributed by atoms with Gasteiger partial charge in [0, 0.05) is 29.9 Å². The van der Waals surface area contributed by atoms with Crippen LogP contribution in [0, 0.1) is 6.92 Å². The van der Waals surface area contributed by atoms with Crippen molar-refractivity contribution in [1.29, 1.82) is 0 Å². The van der Waals surface area contributed by atoms with Crippen LogP contribution in [0.25, 0.3) is 10.9 Å². The Morgan fingerprint density at radius 2 is 1.88 bits per heavy atom. The fourth-order valence-corrected chi connectivity index (χ4v) is 3.18. The SMILES string of the molecule is Cc1[nH]nc2cc(NC(=O)c3cccc(C(=O)N4CCCC4)n3)ccc12. The molecule has 1 aliphatic rings. The van der Waals surface area contributed by atoms with Crippen LogP contribution in [0.5, 0.6) is 0 Å². The quantitative estimate of drug-likeness (QED) is 0.761. The topological polar surface area (TPSA) is 91.0 Å². The van der Waals surface area contributed by atoms with Gasteiger partial charge >= 0.3 is 0 Å². The number of pyridine rings is 1. The first-order valence-corrected chi connectivity index (χ1v) is 8.64. The first-order chi connectivity index (χ1) is 12.6. The number of aromatic amines is 1. The average molecular weight is 349 g/mol. The van der Waals surface area contributed by atoms with E-state index in [1.807, 2.05) is 19.1 Å². The number of anilines is 1. The van der Waals surface area contributed by atoms with Gasteiger partial charge in [0.1, 0.15) is 11.4 Å². The molecule has 0 radical (unpaired) electrons.